The molecule has 156 valence electrons. The number of hydrogen-bond donors (Lipinski definition) is 3. The number of aryl methyl sites for hydroxylation is 1. The Balaban J connectivity index is 2.29. The fourth-order valence-corrected chi connectivity index (χ4v) is 3.32. The Morgan fingerprint density at radius 3 is 2.71 bits per heavy atom. The molecule has 2 rings (SSSR count). The van der Waals surface area contributed by atoms with Crippen molar-refractivity contribution in [1.29, 1.82) is 0 Å². The smallest absolute Gasteiger partial charge is 0.275 e. The quantitative estimate of drug-likeness (QED) is 0.561. The molecule has 0 aromatic carbocycles. The number of carbonyl (C=O) groups excluding carboxylic acids is 1. The molecule has 0 bridgehead atoms. The van der Waals surface area contributed by atoms with Crippen molar-refractivity contribution in [2.45, 2.75) is 43.8 Å². The van der Waals surface area contributed by atoms with E-state index in [1.54, 1.807) is 0 Å². The summed E-state index contributed by atoms with van der Waals surface area (Å²) in [6.07, 6.45) is 2.13. The van der Waals surface area contributed by atoms with Gasteiger partial charge in [0, 0.05) is 31.4 Å². The van der Waals surface area contributed by atoms with Crippen molar-refractivity contribution in [3.63, 3.8) is 0 Å². The first-order valence-corrected chi connectivity index (χ1v) is 10.1. The van der Waals surface area contributed by atoms with Crippen molar-refractivity contribution < 1.29 is 26.7 Å². The molecule has 1 aliphatic rings. The molecular formula is C18H25F2N3O4S. The largest absolute Gasteiger partial charge is 0.488 e. The highest BCUT2D eigenvalue weighted by atomic mass is 32.2. The predicted molar refractivity (Wildman–Crippen MR) is 101 cm³/mol. The fourth-order valence-electron chi connectivity index (χ4n) is 2.71. The third kappa shape index (κ3) is 4.99. The molecule has 10 heteroatoms. The first-order chi connectivity index (χ1) is 13.1. The van der Waals surface area contributed by atoms with Gasteiger partial charge in [0.05, 0.1) is 0 Å². The molecule has 0 saturated heterocycles. The summed E-state index contributed by atoms with van der Waals surface area (Å²) in [6, 6.07) is -0.347. The van der Waals surface area contributed by atoms with Crippen molar-refractivity contribution in [3.05, 3.63) is 35.6 Å². The molecule has 0 spiro atoms. The second-order valence-corrected chi connectivity index (χ2v) is 7.79. The number of amides is 1. The summed E-state index contributed by atoms with van der Waals surface area (Å²) >= 11 is 0. The predicted octanol–water partition coefficient (Wildman–Crippen LogP) is 1.96. The van der Waals surface area contributed by atoms with Gasteiger partial charge < -0.3 is 20.4 Å². The number of allylic oxidation sites excluding steroid dienone is 4. The van der Waals surface area contributed by atoms with Gasteiger partial charge in [-0.1, -0.05) is 20.3 Å². The van der Waals surface area contributed by atoms with Crippen molar-refractivity contribution in [1.82, 2.24) is 9.88 Å². The van der Waals surface area contributed by atoms with Crippen LogP contribution in [0.3, 0.4) is 0 Å². The lowest BCUT2D eigenvalue weighted by atomic mass is 10.0. The highest BCUT2D eigenvalue weighted by Gasteiger charge is 2.27. The van der Waals surface area contributed by atoms with Crippen LogP contribution in [-0.4, -0.2) is 37.7 Å². The Bertz CT molecular complexity index is 868. The Morgan fingerprint density at radius 1 is 1.46 bits per heavy atom. The molecule has 28 heavy (non-hydrogen) atoms. The number of halogens is 2. The summed E-state index contributed by atoms with van der Waals surface area (Å²) < 4.78 is 56.7. The number of rotatable bonds is 8. The SMILES string of the molecule is CC[C@H](C)[C@H](N)COc1c([SH](=O)=O)cn(C)c1C(=O)NC1=CC=C(F)C(F)C1. The molecule has 1 aromatic rings. The van der Waals surface area contributed by atoms with E-state index in [1.807, 2.05) is 13.8 Å². The van der Waals surface area contributed by atoms with Gasteiger partial charge >= 0.3 is 0 Å². The summed E-state index contributed by atoms with van der Waals surface area (Å²) in [6.45, 7) is 3.94. The zero-order valence-corrected chi connectivity index (χ0v) is 16.8. The van der Waals surface area contributed by atoms with Gasteiger partial charge in [-0.05, 0) is 18.1 Å². The highest BCUT2D eigenvalue weighted by Crippen LogP contribution is 2.29. The van der Waals surface area contributed by atoms with Gasteiger partial charge in [0.1, 0.15) is 17.3 Å². The van der Waals surface area contributed by atoms with E-state index in [4.69, 9.17) is 10.5 Å². The summed E-state index contributed by atoms with van der Waals surface area (Å²) in [7, 11) is -1.53. The van der Waals surface area contributed by atoms with Crippen LogP contribution < -0.4 is 15.8 Å². The van der Waals surface area contributed by atoms with Crippen LogP contribution in [0, 0.1) is 5.92 Å². The van der Waals surface area contributed by atoms with Gasteiger partial charge in [-0.25, -0.2) is 17.2 Å². The van der Waals surface area contributed by atoms with Crippen molar-refractivity contribution in [3.8, 4) is 5.75 Å². The standard InChI is InChI=1S/C18H25F2N3O4S/c1-4-10(2)14(21)9-27-17-15(28(25)26)8-23(3)16(17)18(24)22-11-5-6-12(19)13(20)7-11/h5-6,8,10,13-14,28H,4,7,9,21H2,1-3H3,(H,22,24)/t10-,13?,14+/m0/s1. The third-order valence-corrected chi connectivity index (χ3v) is 5.45. The number of aromatic nitrogens is 1. The molecule has 3 atom stereocenters. The summed E-state index contributed by atoms with van der Waals surface area (Å²) in [4.78, 5) is 12.5. The van der Waals surface area contributed by atoms with Crippen LogP contribution in [-0.2, 0) is 17.8 Å². The molecule has 1 aliphatic carbocycles. The van der Waals surface area contributed by atoms with Crippen molar-refractivity contribution >= 4 is 16.6 Å². The van der Waals surface area contributed by atoms with E-state index in [-0.39, 0.29) is 47.0 Å². The third-order valence-electron chi connectivity index (χ3n) is 4.74. The van der Waals surface area contributed by atoms with Gasteiger partial charge in [0.15, 0.2) is 28.3 Å². The van der Waals surface area contributed by atoms with E-state index in [0.29, 0.717) is 0 Å². The maximum atomic E-state index is 13.5. The average Bonchev–Trinajstić information content (AvgIpc) is 2.98. The van der Waals surface area contributed by atoms with Crippen LogP contribution in [0.15, 0.2) is 34.8 Å². The maximum absolute atomic E-state index is 13.5. The number of nitrogens with two attached hydrogens (primary N) is 1. The van der Waals surface area contributed by atoms with Crippen LogP contribution >= 0.6 is 0 Å². The van der Waals surface area contributed by atoms with Gasteiger partial charge in [-0.2, -0.15) is 0 Å². The highest BCUT2D eigenvalue weighted by molar-refractivity contribution is 7.72. The number of ether oxygens (including phenoxy) is 1. The fraction of sp³-hybridized carbons (Fsp3) is 0.500. The minimum atomic E-state index is -3.02. The first-order valence-electron chi connectivity index (χ1n) is 8.89. The van der Waals surface area contributed by atoms with Gasteiger partial charge in [-0.15, -0.1) is 0 Å². The molecule has 0 fully saturated rings. The summed E-state index contributed by atoms with van der Waals surface area (Å²) in [5, 5.41) is 2.48. The van der Waals surface area contributed by atoms with E-state index in [9.17, 15) is 22.0 Å². The molecule has 1 aromatic heterocycles. The minimum absolute atomic E-state index is 0.0265. The van der Waals surface area contributed by atoms with Crippen LogP contribution in [0.1, 0.15) is 37.2 Å². The van der Waals surface area contributed by atoms with Crippen LogP contribution in [0.2, 0.25) is 0 Å². The maximum Gasteiger partial charge on any atom is 0.275 e. The monoisotopic (exact) mass is 417 g/mol. The van der Waals surface area contributed by atoms with Gasteiger partial charge in [0.2, 0.25) is 0 Å². The number of nitrogens with one attached hydrogen (secondary N) is 1. The van der Waals surface area contributed by atoms with Crippen molar-refractivity contribution in [2.24, 2.45) is 18.7 Å². The number of hydrogen-bond acceptors (Lipinski definition) is 5. The molecule has 1 unspecified atom stereocenters. The van der Waals surface area contributed by atoms with Crippen LogP contribution in [0.5, 0.6) is 5.75 Å². The molecule has 1 heterocycles. The number of alkyl halides is 1. The minimum Gasteiger partial charge on any atom is -0.488 e. The zero-order valence-electron chi connectivity index (χ0n) is 15.9. The van der Waals surface area contributed by atoms with Gasteiger partial charge in [-0.3, -0.25) is 4.79 Å². The van der Waals surface area contributed by atoms with E-state index >= 15 is 0 Å². The van der Waals surface area contributed by atoms with Crippen LogP contribution in [0.25, 0.3) is 0 Å². The Labute approximate surface area is 164 Å². The second-order valence-electron chi connectivity index (χ2n) is 6.79. The number of nitrogens with zero attached hydrogens (tertiary/aromatic N) is 1. The molecule has 7 nitrogen and oxygen atoms in total. The zero-order chi connectivity index (χ0) is 21.0. The molecule has 1 amide bonds. The lowest BCUT2D eigenvalue weighted by molar-refractivity contribution is 0.0949. The second kappa shape index (κ2) is 9.33. The Kier molecular flexibility index (Phi) is 7.36. The van der Waals surface area contributed by atoms with E-state index in [0.717, 1.165) is 12.5 Å². The van der Waals surface area contributed by atoms with Crippen molar-refractivity contribution in [2.75, 3.05) is 6.61 Å². The lowest BCUT2D eigenvalue weighted by Crippen LogP contribution is -2.34. The van der Waals surface area contributed by atoms with E-state index in [1.165, 1.54) is 23.9 Å². The molecule has 0 aliphatic heterocycles. The summed E-state index contributed by atoms with van der Waals surface area (Å²) in [5.74, 6) is -1.57. The van der Waals surface area contributed by atoms with Gasteiger partial charge in [0.25, 0.3) is 5.91 Å². The number of thiol groups is 1. The Morgan fingerprint density at radius 2 is 2.14 bits per heavy atom. The molecule has 0 saturated carbocycles. The normalized spacial score (nSPS) is 19.0. The first kappa shape index (κ1) is 22.1. The summed E-state index contributed by atoms with van der Waals surface area (Å²) in [5.41, 5.74) is 6.17. The van der Waals surface area contributed by atoms with E-state index in [2.05, 4.69) is 5.32 Å². The lowest BCUT2D eigenvalue weighted by Gasteiger charge is -2.20. The molecular weight excluding hydrogens is 392 g/mol. The topological polar surface area (TPSA) is 103 Å². The van der Waals surface area contributed by atoms with Crippen LogP contribution in [0.4, 0.5) is 8.78 Å². The van der Waals surface area contributed by atoms with E-state index < -0.39 is 28.6 Å². The molecule has 3 N–H and O–H groups in total. The number of carbonyl (C=O) groups is 1. The Hall–Kier alpha value is -2.20. The molecule has 0 radical (unpaired) electrons. The average molecular weight is 417 g/mol.